The Hall–Kier alpha value is -3.40. The molecule has 3 aromatic rings. The van der Waals surface area contributed by atoms with E-state index in [2.05, 4.69) is 10.3 Å². The number of nitrogens with zero attached hydrogens (tertiary/aromatic N) is 2. The molecule has 0 bridgehead atoms. The quantitative estimate of drug-likeness (QED) is 0.503. The molecule has 1 unspecified atom stereocenters. The van der Waals surface area contributed by atoms with E-state index in [4.69, 9.17) is 14.2 Å². The van der Waals surface area contributed by atoms with E-state index in [9.17, 15) is 14.4 Å². The van der Waals surface area contributed by atoms with Crippen LogP contribution in [0, 0.1) is 0 Å². The van der Waals surface area contributed by atoms with Crippen LogP contribution in [0.25, 0.3) is 10.2 Å². The predicted octanol–water partition coefficient (Wildman–Crippen LogP) is 2.29. The number of ether oxygens (including phenoxy) is 3. The highest BCUT2D eigenvalue weighted by atomic mass is 32.1. The third-order valence-corrected chi connectivity index (χ3v) is 5.59. The topological polar surface area (TPSA) is 109 Å². The average Bonchev–Trinajstić information content (AvgIpc) is 3.27. The van der Waals surface area contributed by atoms with E-state index in [0.717, 1.165) is 0 Å². The maximum absolute atomic E-state index is 12.6. The second-order valence-corrected chi connectivity index (χ2v) is 7.54. The van der Waals surface area contributed by atoms with Crippen molar-refractivity contribution < 1.29 is 23.8 Å². The van der Waals surface area contributed by atoms with Crippen LogP contribution in [0.1, 0.15) is 24.4 Å². The zero-order valence-electron chi connectivity index (χ0n) is 17.4. The lowest BCUT2D eigenvalue weighted by molar-refractivity contribution is -0.141. The number of methoxy groups -OCH3 is 3. The molecule has 0 saturated heterocycles. The Balaban J connectivity index is 1.74. The summed E-state index contributed by atoms with van der Waals surface area (Å²) in [6.45, 7) is 0.167. The van der Waals surface area contributed by atoms with Crippen molar-refractivity contribution in [2.75, 3.05) is 21.3 Å². The number of aromatic nitrogens is 2. The van der Waals surface area contributed by atoms with Crippen LogP contribution in [-0.4, -0.2) is 42.8 Å². The maximum Gasteiger partial charge on any atom is 0.307 e. The maximum atomic E-state index is 12.6. The fourth-order valence-electron chi connectivity index (χ4n) is 3.11. The van der Waals surface area contributed by atoms with E-state index >= 15 is 0 Å². The molecule has 0 aliphatic rings. The second-order valence-electron chi connectivity index (χ2n) is 6.65. The Kier molecular flexibility index (Phi) is 7.24. The van der Waals surface area contributed by atoms with Crippen LogP contribution in [-0.2, 0) is 20.9 Å². The molecule has 0 spiro atoms. The molecular weight excluding hydrogens is 422 g/mol. The monoisotopic (exact) mass is 445 g/mol. The van der Waals surface area contributed by atoms with Gasteiger partial charge in [0.2, 0.25) is 5.91 Å². The van der Waals surface area contributed by atoms with Gasteiger partial charge in [0.25, 0.3) is 5.56 Å². The number of amides is 1. The van der Waals surface area contributed by atoms with E-state index < -0.39 is 12.0 Å². The number of fused-ring (bicyclic) bond motifs is 1. The van der Waals surface area contributed by atoms with E-state index in [0.29, 0.717) is 27.3 Å². The van der Waals surface area contributed by atoms with Gasteiger partial charge in [-0.25, -0.2) is 4.98 Å². The van der Waals surface area contributed by atoms with Crippen LogP contribution < -0.4 is 20.3 Å². The van der Waals surface area contributed by atoms with Gasteiger partial charge < -0.3 is 19.5 Å². The third-order valence-electron chi connectivity index (χ3n) is 4.77. The second kappa shape index (κ2) is 10.1. The van der Waals surface area contributed by atoms with Gasteiger partial charge in [0.15, 0.2) is 11.5 Å². The Bertz CT molecular complexity index is 1140. The average molecular weight is 445 g/mol. The number of aryl methyl sites for hydroxylation is 1. The van der Waals surface area contributed by atoms with Gasteiger partial charge in [-0.1, -0.05) is 6.07 Å². The van der Waals surface area contributed by atoms with Gasteiger partial charge >= 0.3 is 5.97 Å². The number of benzene rings is 1. The van der Waals surface area contributed by atoms with Crippen molar-refractivity contribution in [2.45, 2.75) is 25.4 Å². The predicted molar refractivity (Wildman–Crippen MR) is 116 cm³/mol. The first kappa shape index (κ1) is 22.3. The largest absolute Gasteiger partial charge is 0.493 e. The summed E-state index contributed by atoms with van der Waals surface area (Å²) in [6, 6.07) is 6.23. The van der Waals surface area contributed by atoms with Crippen molar-refractivity contribution in [2.24, 2.45) is 0 Å². The molecule has 0 fully saturated rings. The first-order valence-corrected chi connectivity index (χ1v) is 10.4. The Morgan fingerprint density at radius 2 is 1.94 bits per heavy atom. The molecule has 2 heterocycles. The van der Waals surface area contributed by atoms with Crippen molar-refractivity contribution in [3.05, 3.63) is 51.9 Å². The molecule has 1 atom stereocenters. The Labute approximate surface area is 182 Å². The lowest BCUT2D eigenvalue weighted by Gasteiger charge is -2.20. The molecule has 0 aliphatic heterocycles. The normalized spacial score (nSPS) is 11.7. The number of rotatable bonds is 9. The minimum Gasteiger partial charge on any atom is -0.493 e. The molecule has 0 saturated carbocycles. The van der Waals surface area contributed by atoms with Crippen molar-refractivity contribution in [3.63, 3.8) is 0 Å². The fraction of sp³-hybridized carbons (Fsp3) is 0.333. The Morgan fingerprint density at radius 1 is 1.16 bits per heavy atom. The zero-order valence-corrected chi connectivity index (χ0v) is 18.2. The molecule has 3 rings (SSSR count). The minimum atomic E-state index is -0.631. The number of hydrogen-bond donors (Lipinski definition) is 1. The standard InChI is InChI=1S/C21H23N3O6S/c1-28-16-5-4-13(10-17(16)29-2)15(11-19(26)30-3)23-18(25)6-8-24-12-22-20-14(21(24)27)7-9-31-20/h4-5,7,9-10,12,15H,6,8,11H2,1-3H3,(H,23,25). The van der Waals surface area contributed by atoms with Crippen LogP contribution in [0.4, 0.5) is 0 Å². The lowest BCUT2D eigenvalue weighted by atomic mass is 10.0. The van der Waals surface area contributed by atoms with Gasteiger partial charge in [-0.05, 0) is 29.1 Å². The van der Waals surface area contributed by atoms with Gasteiger partial charge in [-0.3, -0.25) is 19.0 Å². The van der Waals surface area contributed by atoms with E-state index in [1.165, 1.54) is 43.6 Å². The van der Waals surface area contributed by atoms with Crippen LogP contribution in [0.15, 0.2) is 40.8 Å². The zero-order chi connectivity index (χ0) is 22.4. The van der Waals surface area contributed by atoms with E-state index in [1.807, 2.05) is 0 Å². The van der Waals surface area contributed by atoms with E-state index in [-0.39, 0.29) is 30.9 Å². The third kappa shape index (κ3) is 5.21. The first-order chi connectivity index (χ1) is 15.0. The number of nitrogens with one attached hydrogen (secondary N) is 1. The summed E-state index contributed by atoms with van der Waals surface area (Å²) in [6.07, 6.45) is 1.43. The molecule has 1 amide bonds. The molecule has 0 aliphatic carbocycles. The highest BCUT2D eigenvalue weighted by molar-refractivity contribution is 7.16. The van der Waals surface area contributed by atoms with Crippen LogP contribution >= 0.6 is 11.3 Å². The summed E-state index contributed by atoms with van der Waals surface area (Å²) < 4.78 is 16.7. The van der Waals surface area contributed by atoms with Crippen LogP contribution in [0.3, 0.4) is 0 Å². The number of carbonyl (C=O) groups is 2. The molecule has 1 aromatic carbocycles. The van der Waals surface area contributed by atoms with Gasteiger partial charge in [-0.15, -0.1) is 11.3 Å². The number of thiophene rings is 1. The Morgan fingerprint density at radius 3 is 2.65 bits per heavy atom. The first-order valence-electron chi connectivity index (χ1n) is 9.47. The van der Waals surface area contributed by atoms with E-state index in [1.54, 1.807) is 29.6 Å². The lowest BCUT2D eigenvalue weighted by Crippen LogP contribution is -2.32. The van der Waals surface area contributed by atoms with Gasteiger partial charge in [0.1, 0.15) is 4.83 Å². The van der Waals surface area contributed by atoms with Gasteiger partial charge in [-0.2, -0.15) is 0 Å². The minimum absolute atomic E-state index is 0.0438. The van der Waals surface area contributed by atoms with Crippen molar-refractivity contribution in [1.29, 1.82) is 0 Å². The van der Waals surface area contributed by atoms with Gasteiger partial charge in [0.05, 0.1) is 45.5 Å². The molecule has 164 valence electrons. The molecule has 10 heteroatoms. The van der Waals surface area contributed by atoms with Gasteiger partial charge in [0, 0.05) is 13.0 Å². The summed E-state index contributed by atoms with van der Waals surface area (Å²) in [5.74, 6) is 0.223. The highest BCUT2D eigenvalue weighted by Crippen LogP contribution is 2.31. The van der Waals surface area contributed by atoms with Crippen molar-refractivity contribution in [1.82, 2.24) is 14.9 Å². The molecule has 0 radical (unpaired) electrons. The summed E-state index contributed by atoms with van der Waals surface area (Å²) >= 11 is 1.39. The molecule has 2 aromatic heterocycles. The highest BCUT2D eigenvalue weighted by Gasteiger charge is 2.21. The number of hydrogen-bond acceptors (Lipinski definition) is 8. The fourth-order valence-corrected chi connectivity index (χ4v) is 3.84. The molecule has 9 nitrogen and oxygen atoms in total. The summed E-state index contributed by atoms with van der Waals surface area (Å²) in [7, 11) is 4.32. The number of carbonyl (C=O) groups excluding carboxylic acids is 2. The SMILES string of the molecule is COC(=O)CC(NC(=O)CCn1cnc2sccc2c1=O)c1ccc(OC)c(OC)c1. The van der Waals surface area contributed by atoms with Crippen molar-refractivity contribution in [3.8, 4) is 11.5 Å². The number of esters is 1. The van der Waals surface area contributed by atoms with Crippen LogP contribution in [0.2, 0.25) is 0 Å². The molecule has 31 heavy (non-hydrogen) atoms. The van der Waals surface area contributed by atoms with Crippen LogP contribution in [0.5, 0.6) is 11.5 Å². The smallest absolute Gasteiger partial charge is 0.307 e. The molecule has 1 N–H and O–H groups in total. The summed E-state index contributed by atoms with van der Waals surface area (Å²) in [5.41, 5.74) is 0.472. The summed E-state index contributed by atoms with van der Waals surface area (Å²) in [4.78, 5) is 41.9. The molecular formula is C21H23N3O6S. The van der Waals surface area contributed by atoms with Crippen molar-refractivity contribution >= 4 is 33.4 Å². The summed E-state index contributed by atoms with van der Waals surface area (Å²) in [5, 5.41) is 5.17.